The summed E-state index contributed by atoms with van der Waals surface area (Å²) in [6, 6.07) is 1.97. The molecule has 0 bridgehead atoms. The monoisotopic (exact) mass is 282 g/mol. The maximum absolute atomic E-state index is 11.7. The summed E-state index contributed by atoms with van der Waals surface area (Å²) in [5.74, 6) is 0.00132. The highest BCUT2D eigenvalue weighted by molar-refractivity contribution is 7.08. The Balaban J connectivity index is 1.67. The lowest BCUT2D eigenvalue weighted by Crippen LogP contribution is -3.28. The molecule has 0 radical (unpaired) electrons. The van der Waals surface area contributed by atoms with Crippen LogP contribution < -0.4 is 15.2 Å². The number of hydrazone groups is 1. The van der Waals surface area contributed by atoms with E-state index in [0.717, 1.165) is 31.7 Å². The van der Waals surface area contributed by atoms with Crippen molar-refractivity contribution in [1.29, 1.82) is 0 Å². The first-order valence-corrected chi connectivity index (χ1v) is 7.73. The molecule has 1 fully saturated rings. The highest BCUT2D eigenvalue weighted by Gasteiger charge is 2.23. The summed E-state index contributed by atoms with van der Waals surface area (Å²) in [5, 5.41) is 7.96. The van der Waals surface area contributed by atoms with E-state index in [1.165, 1.54) is 11.4 Å². The van der Waals surface area contributed by atoms with E-state index in [1.807, 2.05) is 16.8 Å². The molecule has 5 nitrogen and oxygen atoms in total. The first-order valence-electron chi connectivity index (χ1n) is 6.79. The standard InChI is InChI=1S/C13H20N4OS/c1-2-16-4-6-17(7-5-16)10-13(18)15-14-9-12-3-8-19-11-12/h3,8-9,11H,2,4-7,10H2,1H3,(H,15,18)/p+2/b14-9-. The molecule has 0 spiro atoms. The molecule has 0 aromatic carbocycles. The van der Waals surface area contributed by atoms with Crippen LogP contribution >= 0.6 is 11.3 Å². The third-order valence-electron chi connectivity index (χ3n) is 3.52. The fourth-order valence-electron chi connectivity index (χ4n) is 2.28. The number of hydrogen-bond donors (Lipinski definition) is 3. The molecule has 1 aliphatic rings. The van der Waals surface area contributed by atoms with Crippen LogP contribution in [0.5, 0.6) is 0 Å². The van der Waals surface area contributed by atoms with Gasteiger partial charge in [-0.1, -0.05) is 0 Å². The molecule has 0 atom stereocenters. The Kier molecular flexibility index (Phi) is 5.50. The largest absolute Gasteiger partial charge is 0.326 e. The molecule has 6 heteroatoms. The van der Waals surface area contributed by atoms with E-state index in [2.05, 4.69) is 17.5 Å². The summed E-state index contributed by atoms with van der Waals surface area (Å²) in [7, 11) is 0. The third kappa shape index (κ3) is 4.74. The van der Waals surface area contributed by atoms with Crippen LogP contribution in [0.25, 0.3) is 0 Å². The van der Waals surface area contributed by atoms with Crippen LogP contribution in [0.4, 0.5) is 0 Å². The van der Waals surface area contributed by atoms with Gasteiger partial charge >= 0.3 is 0 Å². The quantitative estimate of drug-likeness (QED) is 0.425. The van der Waals surface area contributed by atoms with E-state index in [1.54, 1.807) is 22.5 Å². The van der Waals surface area contributed by atoms with Crippen molar-refractivity contribution in [3.63, 3.8) is 0 Å². The smallest absolute Gasteiger partial charge is 0.295 e. The van der Waals surface area contributed by atoms with Crippen LogP contribution in [-0.4, -0.2) is 51.4 Å². The molecule has 1 aromatic heterocycles. The molecule has 1 saturated heterocycles. The normalized spacial score (nSPS) is 23.6. The summed E-state index contributed by atoms with van der Waals surface area (Å²) in [6.07, 6.45) is 1.68. The van der Waals surface area contributed by atoms with Gasteiger partial charge < -0.3 is 9.80 Å². The number of nitrogens with one attached hydrogen (secondary N) is 3. The second kappa shape index (κ2) is 7.37. The number of carbonyl (C=O) groups excluding carboxylic acids is 1. The minimum atomic E-state index is 0.00132. The maximum atomic E-state index is 11.7. The van der Waals surface area contributed by atoms with E-state index in [4.69, 9.17) is 0 Å². The molecule has 19 heavy (non-hydrogen) atoms. The SMILES string of the molecule is CC[NH+]1CC[NH+](CC(=O)N/N=C\c2ccsc2)CC1. The molecular formula is C13H22N4OS+2. The highest BCUT2D eigenvalue weighted by Crippen LogP contribution is 2.01. The van der Waals surface area contributed by atoms with Gasteiger partial charge in [-0.05, 0) is 23.8 Å². The number of amides is 1. The third-order valence-corrected chi connectivity index (χ3v) is 4.22. The minimum Gasteiger partial charge on any atom is -0.326 e. The Labute approximate surface area is 117 Å². The molecule has 1 aliphatic heterocycles. The Morgan fingerprint density at radius 3 is 2.79 bits per heavy atom. The zero-order valence-corrected chi connectivity index (χ0v) is 12.1. The van der Waals surface area contributed by atoms with Crippen LogP contribution in [0.15, 0.2) is 21.9 Å². The first-order chi connectivity index (χ1) is 9.28. The number of rotatable bonds is 5. The van der Waals surface area contributed by atoms with Crippen molar-refractivity contribution in [3.05, 3.63) is 22.4 Å². The fourth-order valence-corrected chi connectivity index (χ4v) is 2.89. The Hall–Kier alpha value is -1.24. The van der Waals surface area contributed by atoms with Gasteiger partial charge in [0.15, 0.2) is 6.54 Å². The van der Waals surface area contributed by atoms with Gasteiger partial charge in [0.05, 0.1) is 12.8 Å². The van der Waals surface area contributed by atoms with Crippen molar-refractivity contribution >= 4 is 23.5 Å². The van der Waals surface area contributed by atoms with E-state index in [9.17, 15) is 4.79 Å². The first kappa shape index (κ1) is 14.2. The summed E-state index contributed by atoms with van der Waals surface area (Å²) in [5.41, 5.74) is 3.63. The van der Waals surface area contributed by atoms with Gasteiger partial charge in [0.25, 0.3) is 5.91 Å². The second-order valence-electron chi connectivity index (χ2n) is 4.88. The molecule has 0 saturated carbocycles. The molecular weight excluding hydrogens is 260 g/mol. The summed E-state index contributed by atoms with van der Waals surface area (Å²) in [6.45, 7) is 8.40. The van der Waals surface area contributed by atoms with Gasteiger partial charge in [0.2, 0.25) is 0 Å². The zero-order chi connectivity index (χ0) is 13.5. The molecule has 1 aromatic rings. The van der Waals surface area contributed by atoms with E-state index < -0.39 is 0 Å². The van der Waals surface area contributed by atoms with E-state index in [-0.39, 0.29) is 5.91 Å². The minimum absolute atomic E-state index is 0.00132. The van der Waals surface area contributed by atoms with Crippen molar-refractivity contribution in [1.82, 2.24) is 5.43 Å². The van der Waals surface area contributed by atoms with Gasteiger partial charge in [-0.15, -0.1) is 0 Å². The summed E-state index contributed by atoms with van der Waals surface area (Å²) >= 11 is 1.62. The number of hydrogen-bond acceptors (Lipinski definition) is 3. The van der Waals surface area contributed by atoms with Crippen LogP contribution in [0.1, 0.15) is 12.5 Å². The Morgan fingerprint density at radius 1 is 1.42 bits per heavy atom. The molecule has 2 rings (SSSR count). The van der Waals surface area contributed by atoms with Crippen LogP contribution in [-0.2, 0) is 4.79 Å². The molecule has 3 N–H and O–H groups in total. The van der Waals surface area contributed by atoms with Gasteiger partial charge in [0, 0.05) is 5.56 Å². The maximum Gasteiger partial charge on any atom is 0.295 e. The summed E-state index contributed by atoms with van der Waals surface area (Å²) in [4.78, 5) is 14.7. The van der Waals surface area contributed by atoms with Crippen molar-refractivity contribution in [2.75, 3.05) is 39.3 Å². The topological polar surface area (TPSA) is 50.3 Å². The molecule has 2 heterocycles. The molecule has 1 amide bonds. The molecule has 104 valence electrons. The number of likely N-dealkylation sites (N-methyl/N-ethyl adjacent to an activating group) is 1. The van der Waals surface area contributed by atoms with Crippen molar-refractivity contribution in [2.45, 2.75) is 6.92 Å². The molecule has 0 unspecified atom stereocenters. The lowest BCUT2D eigenvalue weighted by atomic mass is 10.3. The highest BCUT2D eigenvalue weighted by atomic mass is 32.1. The number of nitrogens with zero attached hydrogens (tertiary/aromatic N) is 1. The van der Waals surface area contributed by atoms with Crippen molar-refractivity contribution < 1.29 is 14.6 Å². The van der Waals surface area contributed by atoms with Crippen LogP contribution in [0.3, 0.4) is 0 Å². The fraction of sp³-hybridized carbons (Fsp3) is 0.538. The van der Waals surface area contributed by atoms with Gasteiger partial charge in [0.1, 0.15) is 26.2 Å². The van der Waals surface area contributed by atoms with E-state index in [0.29, 0.717) is 6.54 Å². The number of quaternary nitrogens is 2. The predicted octanol–water partition coefficient (Wildman–Crippen LogP) is -2.00. The molecule has 0 aliphatic carbocycles. The number of piperazine rings is 1. The predicted molar refractivity (Wildman–Crippen MR) is 76.9 cm³/mol. The number of carbonyl (C=O) groups is 1. The van der Waals surface area contributed by atoms with Crippen LogP contribution in [0.2, 0.25) is 0 Å². The summed E-state index contributed by atoms with van der Waals surface area (Å²) < 4.78 is 0. The van der Waals surface area contributed by atoms with Crippen molar-refractivity contribution in [3.8, 4) is 0 Å². The Bertz CT molecular complexity index is 410. The zero-order valence-electron chi connectivity index (χ0n) is 11.3. The lowest BCUT2D eigenvalue weighted by molar-refractivity contribution is -1.01. The average molecular weight is 282 g/mol. The second-order valence-corrected chi connectivity index (χ2v) is 5.66. The van der Waals surface area contributed by atoms with Gasteiger partial charge in [-0.2, -0.15) is 16.4 Å². The van der Waals surface area contributed by atoms with Gasteiger partial charge in [-0.3, -0.25) is 4.79 Å². The van der Waals surface area contributed by atoms with Crippen LogP contribution in [0, 0.1) is 0 Å². The number of thiophene rings is 1. The average Bonchev–Trinajstić information content (AvgIpc) is 2.93. The van der Waals surface area contributed by atoms with Gasteiger partial charge in [-0.25, -0.2) is 5.43 Å². The lowest BCUT2D eigenvalue weighted by Gasteiger charge is -2.28. The Morgan fingerprint density at radius 2 is 2.16 bits per heavy atom. The van der Waals surface area contributed by atoms with E-state index >= 15 is 0 Å². The van der Waals surface area contributed by atoms with Crippen molar-refractivity contribution in [2.24, 2.45) is 5.10 Å².